The fraction of sp³-hybridized carbons (Fsp3) is 0.462. The van der Waals surface area contributed by atoms with Gasteiger partial charge in [-0.2, -0.15) is 0 Å². The Hall–Kier alpha value is -1.51. The molecular weight excluding hydrogens is 202 g/mol. The number of hydrogen-bond donors (Lipinski definition) is 0. The Bertz CT molecular complexity index is 350. The van der Waals surface area contributed by atoms with Gasteiger partial charge in [-0.3, -0.25) is 0 Å². The Morgan fingerprint density at radius 3 is 2.88 bits per heavy atom. The lowest BCUT2D eigenvalue weighted by Gasteiger charge is -2.23. The van der Waals surface area contributed by atoms with Crippen LogP contribution in [-0.4, -0.2) is 30.7 Å². The third-order valence-corrected chi connectivity index (χ3v) is 3.10. The van der Waals surface area contributed by atoms with Crippen LogP contribution in [0.5, 0.6) is 0 Å². The molecule has 1 aromatic rings. The van der Waals surface area contributed by atoms with E-state index in [1.54, 1.807) is 0 Å². The van der Waals surface area contributed by atoms with Gasteiger partial charge in [0.2, 0.25) is 0 Å². The molecule has 3 heteroatoms. The maximum Gasteiger partial charge on any atom is 0.409 e. The van der Waals surface area contributed by atoms with Crippen molar-refractivity contribution in [3.8, 4) is 0 Å². The number of hydrogen-bond acceptors (Lipinski definition) is 2. The molecule has 0 unspecified atom stereocenters. The molecule has 1 atom stereocenters. The van der Waals surface area contributed by atoms with Gasteiger partial charge in [0.15, 0.2) is 0 Å². The number of ether oxygens (including phenoxy) is 1. The lowest BCUT2D eigenvalue weighted by molar-refractivity contribution is 0.119. The molecule has 0 spiro atoms. The van der Waals surface area contributed by atoms with Gasteiger partial charge in [-0.15, -0.1) is 0 Å². The van der Waals surface area contributed by atoms with Gasteiger partial charge in [-0.1, -0.05) is 30.3 Å². The third-order valence-electron chi connectivity index (χ3n) is 3.10. The van der Waals surface area contributed by atoms with Crippen molar-refractivity contribution in [3.05, 3.63) is 35.9 Å². The van der Waals surface area contributed by atoms with Crippen LogP contribution in [0, 0.1) is 0 Å². The molecule has 1 fully saturated rings. The summed E-state index contributed by atoms with van der Waals surface area (Å²) in [7, 11) is 1.44. The van der Waals surface area contributed by atoms with Gasteiger partial charge in [0.05, 0.1) is 7.11 Å². The molecule has 16 heavy (non-hydrogen) atoms. The van der Waals surface area contributed by atoms with Crippen LogP contribution < -0.4 is 0 Å². The molecule has 1 heterocycles. The van der Waals surface area contributed by atoms with Gasteiger partial charge in [0.25, 0.3) is 0 Å². The molecule has 86 valence electrons. The van der Waals surface area contributed by atoms with Crippen LogP contribution in [0.25, 0.3) is 0 Å². The fourth-order valence-electron chi connectivity index (χ4n) is 2.29. The first-order valence-corrected chi connectivity index (χ1v) is 5.70. The van der Waals surface area contributed by atoms with E-state index in [0.29, 0.717) is 6.04 Å². The highest BCUT2D eigenvalue weighted by Gasteiger charge is 2.29. The van der Waals surface area contributed by atoms with Gasteiger partial charge in [0.1, 0.15) is 0 Å². The molecule has 1 saturated heterocycles. The molecule has 0 bridgehead atoms. The highest BCUT2D eigenvalue weighted by molar-refractivity contribution is 5.68. The molecule has 0 aromatic heterocycles. The van der Waals surface area contributed by atoms with Crippen LogP contribution >= 0.6 is 0 Å². The van der Waals surface area contributed by atoms with Crippen molar-refractivity contribution in [1.29, 1.82) is 0 Å². The second kappa shape index (κ2) is 5.01. The monoisotopic (exact) mass is 219 g/mol. The van der Waals surface area contributed by atoms with Gasteiger partial charge in [0, 0.05) is 12.6 Å². The van der Waals surface area contributed by atoms with E-state index < -0.39 is 0 Å². The number of rotatable bonds is 2. The summed E-state index contributed by atoms with van der Waals surface area (Å²) in [5, 5.41) is 0. The van der Waals surface area contributed by atoms with Crippen molar-refractivity contribution in [2.24, 2.45) is 0 Å². The van der Waals surface area contributed by atoms with Crippen LogP contribution in [0.3, 0.4) is 0 Å². The zero-order valence-electron chi connectivity index (χ0n) is 9.56. The molecular formula is C13H17NO2. The topological polar surface area (TPSA) is 29.5 Å². The first-order valence-electron chi connectivity index (χ1n) is 5.70. The summed E-state index contributed by atoms with van der Waals surface area (Å²) in [6, 6.07) is 10.6. The minimum Gasteiger partial charge on any atom is -0.453 e. The number of carbonyl (C=O) groups excluding carboxylic acids is 1. The summed E-state index contributed by atoms with van der Waals surface area (Å²) in [4.78, 5) is 13.4. The zero-order valence-corrected chi connectivity index (χ0v) is 9.56. The molecule has 2 rings (SSSR count). The lowest BCUT2D eigenvalue weighted by Crippen LogP contribution is -2.36. The van der Waals surface area contributed by atoms with Gasteiger partial charge >= 0.3 is 6.09 Å². The van der Waals surface area contributed by atoms with Crippen LogP contribution in [0.2, 0.25) is 0 Å². The van der Waals surface area contributed by atoms with E-state index in [1.165, 1.54) is 12.7 Å². The SMILES string of the molecule is COC(=O)N1CCC[C@@H]1Cc1ccccc1. The second-order valence-electron chi connectivity index (χ2n) is 4.15. The Labute approximate surface area is 96.0 Å². The van der Waals surface area contributed by atoms with Crippen molar-refractivity contribution in [3.63, 3.8) is 0 Å². The van der Waals surface area contributed by atoms with Crippen molar-refractivity contribution in [2.75, 3.05) is 13.7 Å². The van der Waals surface area contributed by atoms with Crippen LogP contribution in [-0.2, 0) is 11.2 Å². The number of methoxy groups -OCH3 is 1. The Morgan fingerprint density at radius 1 is 1.44 bits per heavy atom. The summed E-state index contributed by atoms with van der Waals surface area (Å²) in [5.74, 6) is 0. The number of nitrogens with zero attached hydrogens (tertiary/aromatic N) is 1. The second-order valence-corrected chi connectivity index (χ2v) is 4.15. The first kappa shape index (κ1) is 11.0. The molecule has 1 aliphatic heterocycles. The number of benzene rings is 1. The molecule has 3 nitrogen and oxygen atoms in total. The van der Waals surface area contributed by atoms with E-state index in [2.05, 4.69) is 12.1 Å². The molecule has 0 saturated carbocycles. The van der Waals surface area contributed by atoms with Gasteiger partial charge in [-0.05, 0) is 24.8 Å². The quantitative estimate of drug-likeness (QED) is 0.764. The third kappa shape index (κ3) is 2.35. The van der Waals surface area contributed by atoms with Crippen molar-refractivity contribution in [2.45, 2.75) is 25.3 Å². The van der Waals surface area contributed by atoms with Crippen LogP contribution in [0.1, 0.15) is 18.4 Å². The summed E-state index contributed by atoms with van der Waals surface area (Å²) >= 11 is 0. The minimum atomic E-state index is -0.196. The van der Waals surface area contributed by atoms with Crippen molar-refractivity contribution >= 4 is 6.09 Å². The summed E-state index contributed by atoms with van der Waals surface area (Å²) in [6.45, 7) is 0.824. The van der Waals surface area contributed by atoms with Gasteiger partial charge < -0.3 is 9.64 Å². The van der Waals surface area contributed by atoms with E-state index in [4.69, 9.17) is 4.74 Å². The molecule has 1 aliphatic rings. The predicted molar refractivity (Wildman–Crippen MR) is 62.3 cm³/mol. The number of amides is 1. The molecule has 0 radical (unpaired) electrons. The molecule has 1 aromatic carbocycles. The highest BCUT2D eigenvalue weighted by Crippen LogP contribution is 2.21. The maximum absolute atomic E-state index is 11.5. The summed E-state index contributed by atoms with van der Waals surface area (Å²) in [5.41, 5.74) is 1.28. The summed E-state index contributed by atoms with van der Waals surface area (Å²) in [6.07, 6.45) is 2.88. The van der Waals surface area contributed by atoms with E-state index in [1.807, 2.05) is 23.1 Å². The fourth-order valence-corrected chi connectivity index (χ4v) is 2.29. The number of likely N-dealkylation sites (tertiary alicyclic amines) is 1. The minimum absolute atomic E-state index is 0.196. The Morgan fingerprint density at radius 2 is 2.19 bits per heavy atom. The van der Waals surface area contributed by atoms with Crippen LogP contribution in [0.4, 0.5) is 4.79 Å². The standard InChI is InChI=1S/C13H17NO2/c1-16-13(15)14-9-5-8-12(14)10-11-6-3-2-4-7-11/h2-4,6-7,12H,5,8-10H2,1H3/t12-/m1/s1. The maximum atomic E-state index is 11.5. The highest BCUT2D eigenvalue weighted by atomic mass is 16.5. The van der Waals surface area contributed by atoms with Gasteiger partial charge in [-0.25, -0.2) is 4.79 Å². The van der Waals surface area contributed by atoms with E-state index in [0.717, 1.165) is 25.8 Å². The normalized spacial score (nSPS) is 19.8. The van der Waals surface area contributed by atoms with E-state index in [-0.39, 0.29) is 6.09 Å². The summed E-state index contributed by atoms with van der Waals surface area (Å²) < 4.78 is 4.79. The predicted octanol–water partition coefficient (Wildman–Crippen LogP) is 2.46. The van der Waals surface area contributed by atoms with E-state index >= 15 is 0 Å². The smallest absolute Gasteiger partial charge is 0.409 e. The van der Waals surface area contributed by atoms with Crippen molar-refractivity contribution in [1.82, 2.24) is 4.90 Å². The average Bonchev–Trinajstić information content (AvgIpc) is 2.77. The molecule has 0 aliphatic carbocycles. The zero-order chi connectivity index (χ0) is 11.4. The molecule has 0 N–H and O–H groups in total. The first-order chi connectivity index (χ1) is 7.81. The van der Waals surface area contributed by atoms with Crippen molar-refractivity contribution < 1.29 is 9.53 Å². The Kier molecular flexibility index (Phi) is 3.44. The largest absolute Gasteiger partial charge is 0.453 e. The van der Waals surface area contributed by atoms with E-state index in [9.17, 15) is 4.79 Å². The van der Waals surface area contributed by atoms with Crippen LogP contribution in [0.15, 0.2) is 30.3 Å². The lowest BCUT2D eigenvalue weighted by atomic mass is 10.0. The number of carbonyl (C=O) groups is 1. The average molecular weight is 219 g/mol. The molecule has 1 amide bonds. The Balaban J connectivity index is 2.01.